The van der Waals surface area contributed by atoms with Gasteiger partial charge in [0.25, 0.3) is 5.56 Å². The molecule has 1 aromatic carbocycles. The second kappa shape index (κ2) is 5.88. The van der Waals surface area contributed by atoms with Crippen LogP contribution in [0.1, 0.15) is 16.8 Å². The Labute approximate surface area is 124 Å². The summed E-state index contributed by atoms with van der Waals surface area (Å²) in [5.41, 5.74) is 1.75. The first-order valence-corrected chi connectivity index (χ1v) is 6.64. The molecule has 2 aromatic rings. The van der Waals surface area contributed by atoms with E-state index in [2.05, 4.69) is 27.0 Å². The number of benzene rings is 1. The van der Waals surface area contributed by atoms with Gasteiger partial charge in [-0.25, -0.2) is 4.98 Å². The Balaban J connectivity index is 2.47. The molecule has 0 unspecified atom stereocenters. The van der Waals surface area contributed by atoms with Crippen molar-refractivity contribution in [2.24, 2.45) is 0 Å². The van der Waals surface area contributed by atoms with Gasteiger partial charge >= 0.3 is 0 Å². The molecule has 0 saturated carbocycles. The SMILES string of the molecule is COc1ccc(C#N)cc1Cn1cnc(C)c(Br)c1=O. The molecular weight excluding hydrogens is 322 g/mol. The van der Waals surface area contributed by atoms with E-state index in [0.717, 1.165) is 5.56 Å². The zero-order valence-corrected chi connectivity index (χ0v) is 12.6. The maximum Gasteiger partial charge on any atom is 0.268 e. The lowest BCUT2D eigenvalue weighted by molar-refractivity contribution is 0.408. The van der Waals surface area contributed by atoms with Gasteiger partial charge in [-0.2, -0.15) is 5.26 Å². The lowest BCUT2D eigenvalue weighted by atomic mass is 10.1. The molecule has 0 aliphatic rings. The van der Waals surface area contributed by atoms with Crippen LogP contribution >= 0.6 is 15.9 Å². The van der Waals surface area contributed by atoms with Crippen molar-refractivity contribution >= 4 is 15.9 Å². The maximum absolute atomic E-state index is 12.1. The molecule has 102 valence electrons. The minimum absolute atomic E-state index is 0.165. The van der Waals surface area contributed by atoms with E-state index in [4.69, 9.17) is 10.00 Å². The Hall–Kier alpha value is -2.13. The first-order valence-electron chi connectivity index (χ1n) is 5.85. The molecule has 1 heterocycles. The smallest absolute Gasteiger partial charge is 0.268 e. The molecule has 0 atom stereocenters. The van der Waals surface area contributed by atoms with E-state index >= 15 is 0 Å². The number of methoxy groups -OCH3 is 1. The fraction of sp³-hybridized carbons (Fsp3) is 0.214. The van der Waals surface area contributed by atoms with Crippen LogP contribution in [0.2, 0.25) is 0 Å². The lowest BCUT2D eigenvalue weighted by Gasteiger charge is -2.11. The minimum atomic E-state index is -0.165. The third-order valence-corrected chi connectivity index (χ3v) is 3.82. The molecule has 0 spiro atoms. The summed E-state index contributed by atoms with van der Waals surface area (Å²) >= 11 is 3.23. The van der Waals surface area contributed by atoms with Gasteiger partial charge in [-0.3, -0.25) is 9.36 Å². The maximum atomic E-state index is 12.1. The molecule has 0 amide bonds. The Morgan fingerprint density at radius 1 is 1.50 bits per heavy atom. The number of aryl methyl sites for hydroxylation is 1. The average Bonchev–Trinajstić information content (AvgIpc) is 2.47. The van der Waals surface area contributed by atoms with E-state index in [1.807, 2.05) is 0 Å². The highest BCUT2D eigenvalue weighted by atomic mass is 79.9. The Kier molecular flexibility index (Phi) is 4.20. The molecule has 0 radical (unpaired) electrons. The van der Waals surface area contributed by atoms with E-state index in [1.54, 1.807) is 32.2 Å². The van der Waals surface area contributed by atoms with Crippen molar-refractivity contribution in [2.45, 2.75) is 13.5 Å². The van der Waals surface area contributed by atoms with Crippen LogP contribution in [0.15, 0.2) is 33.8 Å². The van der Waals surface area contributed by atoms with Gasteiger partial charge in [0.15, 0.2) is 0 Å². The molecule has 20 heavy (non-hydrogen) atoms. The van der Waals surface area contributed by atoms with Crippen LogP contribution in [0, 0.1) is 18.3 Å². The summed E-state index contributed by atoms with van der Waals surface area (Å²) in [4.78, 5) is 16.3. The van der Waals surface area contributed by atoms with E-state index in [0.29, 0.717) is 28.0 Å². The van der Waals surface area contributed by atoms with Crippen molar-refractivity contribution < 1.29 is 4.74 Å². The summed E-state index contributed by atoms with van der Waals surface area (Å²) in [6.45, 7) is 2.05. The van der Waals surface area contributed by atoms with Gasteiger partial charge in [-0.1, -0.05) is 0 Å². The highest BCUT2D eigenvalue weighted by Crippen LogP contribution is 2.20. The molecule has 5 nitrogen and oxygen atoms in total. The second-order valence-electron chi connectivity index (χ2n) is 4.22. The summed E-state index contributed by atoms with van der Waals surface area (Å²) in [5.74, 6) is 0.632. The first kappa shape index (κ1) is 14.3. The van der Waals surface area contributed by atoms with Crippen LogP contribution in [-0.2, 0) is 6.54 Å². The predicted octanol–water partition coefficient (Wildman–Crippen LogP) is 2.24. The topological polar surface area (TPSA) is 67.9 Å². The van der Waals surface area contributed by atoms with Gasteiger partial charge in [-0.05, 0) is 41.1 Å². The van der Waals surface area contributed by atoms with Crippen molar-refractivity contribution in [1.82, 2.24) is 9.55 Å². The third kappa shape index (κ3) is 2.73. The number of nitrogens with zero attached hydrogens (tertiary/aromatic N) is 3. The summed E-state index contributed by atoms with van der Waals surface area (Å²) in [5, 5.41) is 8.95. The van der Waals surface area contributed by atoms with E-state index in [-0.39, 0.29) is 5.56 Å². The van der Waals surface area contributed by atoms with Crippen molar-refractivity contribution in [3.8, 4) is 11.8 Å². The molecule has 0 aliphatic carbocycles. The number of rotatable bonds is 3. The molecule has 0 aliphatic heterocycles. The monoisotopic (exact) mass is 333 g/mol. The fourth-order valence-electron chi connectivity index (χ4n) is 1.81. The molecule has 2 rings (SSSR count). The summed E-state index contributed by atoms with van der Waals surface area (Å²) in [6, 6.07) is 7.17. The van der Waals surface area contributed by atoms with E-state index < -0.39 is 0 Å². The number of nitriles is 1. The quantitative estimate of drug-likeness (QED) is 0.863. The zero-order valence-electron chi connectivity index (χ0n) is 11.1. The number of aromatic nitrogens is 2. The van der Waals surface area contributed by atoms with Gasteiger partial charge in [-0.15, -0.1) is 0 Å². The molecule has 1 aromatic heterocycles. The van der Waals surface area contributed by atoms with Crippen molar-refractivity contribution in [3.63, 3.8) is 0 Å². The Morgan fingerprint density at radius 3 is 2.90 bits per heavy atom. The van der Waals surface area contributed by atoms with Gasteiger partial charge in [0, 0.05) is 5.56 Å². The molecule has 0 N–H and O–H groups in total. The van der Waals surface area contributed by atoms with Crippen LogP contribution in [-0.4, -0.2) is 16.7 Å². The van der Waals surface area contributed by atoms with E-state index in [9.17, 15) is 4.79 Å². The van der Waals surface area contributed by atoms with Crippen LogP contribution in [0.4, 0.5) is 0 Å². The van der Waals surface area contributed by atoms with Gasteiger partial charge in [0.1, 0.15) is 10.2 Å². The van der Waals surface area contributed by atoms with Crippen molar-refractivity contribution in [1.29, 1.82) is 5.26 Å². The van der Waals surface area contributed by atoms with Crippen molar-refractivity contribution in [3.05, 3.63) is 56.2 Å². The first-order chi connectivity index (χ1) is 9.56. The number of hydrogen-bond acceptors (Lipinski definition) is 4. The third-order valence-electron chi connectivity index (χ3n) is 2.91. The highest BCUT2D eigenvalue weighted by molar-refractivity contribution is 9.10. The largest absolute Gasteiger partial charge is 0.496 e. The molecule has 0 saturated heterocycles. The number of ether oxygens (including phenoxy) is 1. The summed E-state index contributed by atoms with van der Waals surface area (Å²) < 4.78 is 7.16. The van der Waals surface area contributed by atoms with Crippen LogP contribution < -0.4 is 10.3 Å². The Bertz CT molecular complexity index is 747. The summed E-state index contributed by atoms with van der Waals surface area (Å²) in [6.07, 6.45) is 1.49. The van der Waals surface area contributed by atoms with Crippen LogP contribution in [0.25, 0.3) is 0 Å². The normalized spacial score (nSPS) is 10.1. The van der Waals surface area contributed by atoms with E-state index in [1.165, 1.54) is 10.9 Å². The van der Waals surface area contributed by atoms with Gasteiger partial charge in [0.2, 0.25) is 0 Å². The van der Waals surface area contributed by atoms with Gasteiger partial charge in [0.05, 0.1) is 37.3 Å². The predicted molar refractivity (Wildman–Crippen MR) is 77.7 cm³/mol. The highest BCUT2D eigenvalue weighted by Gasteiger charge is 2.09. The fourth-order valence-corrected chi connectivity index (χ4v) is 2.14. The lowest BCUT2D eigenvalue weighted by Crippen LogP contribution is -2.22. The van der Waals surface area contributed by atoms with Crippen LogP contribution in [0.5, 0.6) is 5.75 Å². The zero-order chi connectivity index (χ0) is 14.7. The number of halogens is 1. The van der Waals surface area contributed by atoms with Gasteiger partial charge < -0.3 is 4.74 Å². The summed E-state index contributed by atoms with van der Waals surface area (Å²) in [7, 11) is 1.55. The molecular formula is C14H12BrN3O2. The molecule has 0 bridgehead atoms. The Morgan fingerprint density at radius 2 is 2.25 bits per heavy atom. The minimum Gasteiger partial charge on any atom is -0.496 e. The standard InChI is InChI=1S/C14H12BrN3O2/c1-9-13(15)14(19)18(8-17-9)7-11-5-10(6-16)3-4-12(11)20-2/h3-5,8H,7H2,1-2H3. The molecule has 6 heteroatoms. The second-order valence-corrected chi connectivity index (χ2v) is 5.01. The molecule has 0 fully saturated rings. The van der Waals surface area contributed by atoms with Crippen molar-refractivity contribution in [2.75, 3.05) is 7.11 Å². The average molecular weight is 334 g/mol. The van der Waals surface area contributed by atoms with Crippen LogP contribution in [0.3, 0.4) is 0 Å². The number of hydrogen-bond donors (Lipinski definition) is 0.